The number of benzene rings is 2. The summed E-state index contributed by atoms with van der Waals surface area (Å²) in [6.45, 7) is 6.39. The van der Waals surface area contributed by atoms with Crippen LogP contribution in [0.3, 0.4) is 0 Å². The zero-order valence-electron chi connectivity index (χ0n) is 18.1. The Kier molecular flexibility index (Phi) is 4.54. The number of nitrogens with zero attached hydrogens (tertiary/aromatic N) is 1. The second-order valence-corrected chi connectivity index (χ2v) is 10.1. The van der Waals surface area contributed by atoms with Crippen LogP contribution in [0.4, 0.5) is 5.69 Å². The van der Waals surface area contributed by atoms with Crippen molar-refractivity contribution in [3.8, 4) is 5.75 Å². The summed E-state index contributed by atoms with van der Waals surface area (Å²) in [6, 6.07) is 14.1. The van der Waals surface area contributed by atoms with Gasteiger partial charge in [-0.05, 0) is 78.5 Å². The van der Waals surface area contributed by atoms with Gasteiger partial charge in [-0.3, -0.25) is 14.5 Å². The molecule has 0 spiro atoms. The summed E-state index contributed by atoms with van der Waals surface area (Å²) in [7, 11) is 0. The van der Waals surface area contributed by atoms with E-state index in [1.54, 1.807) is 36.4 Å². The van der Waals surface area contributed by atoms with E-state index in [9.17, 15) is 14.4 Å². The normalized spacial score (nSPS) is 27.0. The minimum atomic E-state index is -0.468. The van der Waals surface area contributed by atoms with Gasteiger partial charge in [-0.25, -0.2) is 4.79 Å². The van der Waals surface area contributed by atoms with Crippen LogP contribution in [0.25, 0.3) is 0 Å². The lowest BCUT2D eigenvalue weighted by Crippen LogP contribution is -2.32. The maximum absolute atomic E-state index is 13.0. The van der Waals surface area contributed by atoms with Gasteiger partial charge < -0.3 is 4.74 Å². The molecule has 0 N–H and O–H groups in total. The van der Waals surface area contributed by atoms with Crippen molar-refractivity contribution >= 4 is 23.5 Å². The number of anilines is 1. The molecule has 5 nitrogen and oxygen atoms in total. The lowest BCUT2D eigenvalue weighted by Gasteiger charge is -2.19. The fourth-order valence-electron chi connectivity index (χ4n) is 5.60. The van der Waals surface area contributed by atoms with E-state index in [0.717, 1.165) is 24.8 Å². The molecule has 2 amide bonds. The average molecular weight is 418 g/mol. The summed E-state index contributed by atoms with van der Waals surface area (Å²) in [5.41, 5.74) is 2.11. The van der Waals surface area contributed by atoms with Crippen molar-refractivity contribution < 1.29 is 19.1 Å². The minimum absolute atomic E-state index is 0.0286. The molecule has 5 heteroatoms. The van der Waals surface area contributed by atoms with Gasteiger partial charge in [0.2, 0.25) is 11.8 Å². The molecule has 1 aliphatic heterocycles. The van der Waals surface area contributed by atoms with Gasteiger partial charge in [0.25, 0.3) is 0 Å². The molecule has 2 bridgehead atoms. The Morgan fingerprint density at radius 1 is 0.871 bits per heavy atom. The van der Waals surface area contributed by atoms with Crippen LogP contribution in [0.15, 0.2) is 48.5 Å². The van der Waals surface area contributed by atoms with Gasteiger partial charge in [-0.1, -0.05) is 32.9 Å². The van der Waals surface area contributed by atoms with E-state index in [0.29, 0.717) is 28.8 Å². The first-order valence-electron chi connectivity index (χ1n) is 11.0. The number of rotatable bonds is 3. The van der Waals surface area contributed by atoms with Crippen LogP contribution in [0.5, 0.6) is 5.75 Å². The molecule has 2 aliphatic carbocycles. The summed E-state index contributed by atoms with van der Waals surface area (Å²) >= 11 is 0. The molecular formula is C26H27NO4. The van der Waals surface area contributed by atoms with Crippen LogP contribution in [-0.4, -0.2) is 17.8 Å². The Morgan fingerprint density at radius 3 is 1.94 bits per heavy atom. The van der Waals surface area contributed by atoms with Crippen LogP contribution in [-0.2, 0) is 15.0 Å². The number of hydrogen-bond acceptors (Lipinski definition) is 4. The minimum Gasteiger partial charge on any atom is -0.423 e. The summed E-state index contributed by atoms with van der Waals surface area (Å²) < 4.78 is 5.49. The molecule has 1 saturated heterocycles. The third-order valence-electron chi connectivity index (χ3n) is 7.22. The number of imide groups is 1. The summed E-state index contributed by atoms with van der Waals surface area (Å²) in [5.74, 6) is 0.289. The largest absolute Gasteiger partial charge is 0.423 e. The molecule has 5 rings (SSSR count). The third-order valence-corrected chi connectivity index (χ3v) is 7.22. The summed E-state index contributed by atoms with van der Waals surface area (Å²) in [5, 5.41) is 0. The van der Waals surface area contributed by atoms with E-state index in [1.165, 1.54) is 4.90 Å². The fourth-order valence-corrected chi connectivity index (χ4v) is 5.60. The molecule has 3 aliphatic rings. The van der Waals surface area contributed by atoms with Gasteiger partial charge in [0.15, 0.2) is 0 Å². The maximum atomic E-state index is 13.0. The zero-order valence-corrected chi connectivity index (χ0v) is 18.1. The Labute approximate surface area is 182 Å². The highest BCUT2D eigenvalue weighted by molar-refractivity contribution is 6.22. The van der Waals surface area contributed by atoms with Crippen molar-refractivity contribution in [1.82, 2.24) is 0 Å². The topological polar surface area (TPSA) is 63.7 Å². The van der Waals surface area contributed by atoms with Crippen molar-refractivity contribution in [3.63, 3.8) is 0 Å². The number of esters is 1. The highest BCUT2D eigenvalue weighted by atomic mass is 16.5. The van der Waals surface area contributed by atoms with E-state index >= 15 is 0 Å². The SMILES string of the molecule is CC(C)(C)c1ccc(OC(=O)c2ccc(N3C(=O)[C@@H]4[C@H]5CC[C@@H](C5)[C@@H]4C3=O)cc2)cc1. The number of amides is 2. The second-order valence-electron chi connectivity index (χ2n) is 10.1. The van der Waals surface area contributed by atoms with Gasteiger partial charge in [0.1, 0.15) is 5.75 Å². The first-order chi connectivity index (χ1) is 14.7. The van der Waals surface area contributed by atoms with Crippen LogP contribution < -0.4 is 9.64 Å². The van der Waals surface area contributed by atoms with Gasteiger partial charge in [-0.15, -0.1) is 0 Å². The summed E-state index contributed by atoms with van der Waals surface area (Å²) in [6.07, 6.45) is 3.13. The lowest BCUT2D eigenvalue weighted by atomic mass is 9.81. The van der Waals surface area contributed by atoms with E-state index in [2.05, 4.69) is 20.8 Å². The first kappa shape index (κ1) is 20.0. The Bertz CT molecular complexity index is 1020. The predicted molar refractivity (Wildman–Crippen MR) is 117 cm³/mol. The molecule has 31 heavy (non-hydrogen) atoms. The molecule has 2 aromatic rings. The quantitative estimate of drug-likeness (QED) is 0.411. The molecule has 1 heterocycles. The highest BCUT2D eigenvalue weighted by Gasteiger charge is 2.61. The van der Waals surface area contributed by atoms with Gasteiger partial charge >= 0.3 is 5.97 Å². The fraction of sp³-hybridized carbons (Fsp3) is 0.423. The molecule has 160 valence electrons. The molecule has 2 aromatic carbocycles. The molecule has 0 radical (unpaired) electrons. The number of fused-ring (bicyclic) bond motifs is 5. The van der Waals surface area contributed by atoms with E-state index in [-0.39, 0.29) is 29.1 Å². The van der Waals surface area contributed by atoms with Crippen LogP contribution in [0, 0.1) is 23.7 Å². The van der Waals surface area contributed by atoms with Gasteiger partial charge in [-0.2, -0.15) is 0 Å². The highest BCUT2D eigenvalue weighted by Crippen LogP contribution is 2.56. The van der Waals surface area contributed by atoms with E-state index < -0.39 is 5.97 Å². The monoisotopic (exact) mass is 417 g/mol. The number of ether oxygens (including phenoxy) is 1. The molecule has 4 atom stereocenters. The van der Waals surface area contributed by atoms with Crippen LogP contribution in [0.1, 0.15) is 56.0 Å². The van der Waals surface area contributed by atoms with Crippen LogP contribution in [0.2, 0.25) is 0 Å². The van der Waals surface area contributed by atoms with Crippen molar-refractivity contribution in [1.29, 1.82) is 0 Å². The Balaban J connectivity index is 1.30. The first-order valence-corrected chi connectivity index (χ1v) is 11.0. The van der Waals surface area contributed by atoms with E-state index in [4.69, 9.17) is 4.74 Å². The standard InChI is InChI=1S/C26H27NO4/c1-26(2,3)18-8-12-20(13-9-18)31-25(30)15-6-10-19(11-7-15)27-23(28)21-16-4-5-17(14-16)22(21)24(27)29/h6-13,16-17,21-22H,4-5,14H2,1-3H3/t16-,17-,21-,22+/m0/s1. The predicted octanol–water partition coefficient (Wildman–Crippen LogP) is 4.74. The van der Waals surface area contributed by atoms with Gasteiger partial charge in [0.05, 0.1) is 23.1 Å². The second kappa shape index (κ2) is 7.04. The van der Waals surface area contributed by atoms with Crippen molar-refractivity contribution in [3.05, 3.63) is 59.7 Å². The summed E-state index contributed by atoms with van der Waals surface area (Å²) in [4.78, 5) is 39.8. The zero-order chi connectivity index (χ0) is 21.9. The van der Waals surface area contributed by atoms with Crippen molar-refractivity contribution in [2.24, 2.45) is 23.7 Å². The van der Waals surface area contributed by atoms with Crippen molar-refractivity contribution in [2.45, 2.75) is 45.4 Å². The number of carbonyl (C=O) groups excluding carboxylic acids is 3. The third kappa shape index (κ3) is 3.27. The maximum Gasteiger partial charge on any atom is 0.343 e. The molecular weight excluding hydrogens is 390 g/mol. The van der Waals surface area contributed by atoms with Crippen LogP contribution >= 0.6 is 0 Å². The lowest BCUT2D eigenvalue weighted by molar-refractivity contribution is -0.123. The Hall–Kier alpha value is -2.95. The number of carbonyl (C=O) groups is 3. The molecule has 0 aromatic heterocycles. The molecule has 2 saturated carbocycles. The molecule has 3 fully saturated rings. The smallest absolute Gasteiger partial charge is 0.343 e. The van der Waals surface area contributed by atoms with Gasteiger partial charge in [0, 0.05) is 0 Å². The molecule has 0 unspecified atom stereocenters. The van der Waals surface area contributed by atoms with E-state index in [1.807, 2.05) is 12.1 Å². The average Bonchev–Trinajstić information content (AvgIpc) is 3.42. The number of hydrogen-bond donors (Lipinski definition) is 0. The Morgan fingerprint density at radius 2 is 1.42 bits per heavy atom. The van der Waals surface area contributed by atoms with Crippen molar-refractivity contribution in [2.75, 3.05) is 4.90 Å².